The third-order valence-corrected chi connectivity index (χ3v) is 2.08. The second-order valence-corrected chi connectivity index (χ2v) is 5.06. The predicted molar refractivity (Wildman–Crippen MR) is 65.0 cm³/mol. The zero-order valence-corrected chi connectivity index (χ0v) is 10.5. The number of carboxylic acids is 1. The van der Waals surface area contributed by atoms with Gasteiger partial charge in [-0.3, -0.25) is 10.1 Å². The van der Waals surface area contributed by atoms with Gasteiger partial charge in [-0.25, -0.2) is 4.79 Å². The van der Waals surface area contributed by atoms with Gasteiger partial charge in [-0.1, -0.05) is 26.8 Å². The van der Waals surface area contributed by atoms with Crippen molar-refractivity contribution >= 4 is 11.7 Å². The highest BCUT2D eigenvalue weighted by Crippen LogP contribution is 2.29. The molecule has 0 saturated carbocycles. The van der Waals surface area contributed by atoms with Crippen molar-refractivity contribution in [2.45, 2.75) is 20.8 Å². The Hall–Kier alpha value is -2.11. The summed E-state index contributed by atoms with van der Waals surface area (Å²) in [5.74, 6) is -1.35. The lowest BCUT2D eigenvalue weighted by Gasteiger charge is -2.19. The van der Waals surface area contributed by atoms with Crippen LogP contribution in [0, 0.1) is 15.5 Å². The maximum Gasteiger partial charge on any atom is 0.346 e. The topological polar surface area (TPSA) is 89.7 Å². The molecule has 1 N–H and O–H groups in total. The number of hydrogen-bond donors (Lipinski definition) is 1. The van der Waals surface area contributed by atoms with Crippen molar-refractivity contribution in [3.8, 4) is 5.75 Å². The van der Waals surface area contributed by atoms with Crippen molar-refractivity contribution in [2.24, 2.45) is 5.41 Å². The second-order valence-electron chi connectivity index (χ2n) is 5.06. The molecule has 0 heterocycles. The van der Waals surface area contributed by atoms with E-state index < -0.39 is 22.1 Å². The van der Waals surface area contributed by atoms with Gasteiger partial charge in [0, 0.05) is 6.07 Å². The molecule has 0 radical (unpaired) electrons. The van der Waals surface area contributed by atoms with E-state index in [2.05, 4.69) is 0 Å². The van der Waals surface area contributed by atoms with Crippen LogP contribution in [0.3, 0.4) is 0 Å². The van der Waals surface area contributed by atoms with E-state index in [9.17, 15) is 14.9 Å². The summed E-state index contributed by atoms with van der Waals surface area (Å²) >= 11 is 0. The Labute approximate surface area is 104 Å². The van der Waals surface area contributed by atoms with Gasteiger partial charge >= 0.3 is 5.97 Å². The lowest BCUT2D eigenvalue weighted by molar-refractivity contribution is -0.385. The van der Waals surface area contributed by atoms with Gasteiger partial charge in [0.05, 0.1) is 11.5 Å². The van der Waals surface area contributed by atoms with Crippen molar-refractivity contribution in [2.75, 3.05) is 6.61 Å². The van der Waals surface area contributed by atoms with E-state index in [0.717, 1.165) is 6.07 Å². The summed E-state index contributed by atoms with van der Waals surface area (Å²) in [6.07, 6.45) is 0. The Bertz CT molecular complexity index is 476. The monoisotopic (exact) mass is 253 g/mol. The van der Waals surface area contributed by atoms with E-state index in [-0.39, 0.29) is 17.8 Å². The van der Waals surface area contributed by atoms with E-state index in [1.165, 1.54) is 12.1 Å². The number of nitro benzene ring substituents is 1. The van der Waals surface area contributed by atoms with Crippen LogP contribution in [-0.4, -0.2) is 22.6 Å². The average Bonchev–Trinajstić information content (AvgIpc) is 2.24. The summed E-state index contributed by atoms with van der Waals surface area (Å²) in [7, 11) is 0. The molecule has 0 unspecified atom stereocenters. The molecule has 0 saturated heterocycles. The van der Waals surface area contributed by atoms with Gasteiger partial charge in [-0.2, -0.15) is 0 Å². The highest BCUT2D eigenvalue weighted by atomic mass is 16.6. The van der Waals surface area contributed by atoms with E-state index in [0.29, 0.717) is 0 Å². The molecule has 0 aromatic heterocycles. The molecule has 0 bridgehead atoms. The Morgan fingerprint density at radius 1 is 1.44 bits per heavy atom. The fourth-order valence-electron chi connectivity index (χ4n) is 1.30. The summed E-state index contributed by atoms with van der Waals surface area (Å²) in [5, 5.41) is 19.8. The first-order valence-electron chi connectivity index (χ1n) is 5.36. The molecule has 1 rings (SSSR count). The molecule has 18 heavy (non-hydrogen) atoms. The van der Waals surface area contributed by atoms with E-state index in [4.69, 9.17) is 9.84 Å². The molecular formula is C12H15NO5. The number of aromatic carboxylic acids is 1. The van der Waals surface area contributed by atoms with Gasteiger partial charge in [0.1, 0.15) is 5.75 Å². The first-order chi connectivity index (χ1) is 8.22. The number of hydrogen-bond acceptors (Lipinski definition) is 4. The van der Waals surface area contributed by atoms with Crippen LogP contribution in [0.4, 0.5) is 5.69 Å². The Morgan fingerprint density at radius 3 is 2.50 bits per heavy atom. The molecule has 0 spiro atoms. The second kappa shape index (κ2) is 5.03. The van der Waals surface area contributed by atoms with Crippen LogP contribution in [0.15, 0.2) is 18.2 Å². The van der Waals surface area contributed by atoms with Crippen LogP contribution in [0.2, 0.25) is 0 Å². The van der Waals surface area contributed by atoms with Crippen LogP contribution < -0.4 is 4.74 Å². The minimum Gasteiger partial charge on any atom is -0.492 e. The number of carbonyl (C=O) groups is 1. The third-order valence-electron chi connectivity index (χ3n) is 2.08. The molecular weight excluding hydrogens is 238 g/mol. The number of benzene rings is 1. The quantitative estimate of drug-likeness (QED) is 0.658. The fourth-order valence-corrected chi connectivity index (χ4v) is 1.30. The number of nitro groups is 1. The summed E-state index contributed by atoms with van der Waals surface area (Å²) in [6, 6.07) is 3.97. The van der Waals surface area contributed by atoms with Gasteiger partial charge in [0.15, 0.2) is 5.56 Å². The first-order valence-corrected chi connectivity index (χ1v) is 5.36. The largest absolute Gasteiger partial charge is 0.492 e. The van der Waals surface area contributed by atoms with Crippen molar-refractivity contribution in [1.82, 2.24) is 0 Å². The lowest BCUT2D eigenvalue weighted by Crippen LogP contribution is -2.18. The van der Waals surface area contributed by atoms with Crippen LogP contribution in [0.1, 0.15) is 31.1 Å². The van der Waals surface area contributed by atoms with E-state index in [1.807, 2.05) is 20.8 Å². The van der Waals surface area contributed by atoms with Crippen LogP contribution >= 0.6 is 0 Å². The number of rotatable bonds is 4. The van der Waals surface area contributed by atoms with Crippen LogP contribution in [0.25, 0.3) is 0 Å². The molecule has 0 atom stereocenters. The molecule has 1 aromatic carbocycles. The van der Waals surface area contributed by atoms with Gasteiger partial charge in [0.25, 0.3) is 5.69 Å². The number of nitrogens with zero attached hydrogens (tertiary/aromatic N) is 1. The van der Waals surface area contributed by atoms with E-state index >= 15 is 0 Å². The number of carboxylic acid groups (broad SMARTS) is 1. The first kappa shape index (κ1) is 14.0. The fraction of sp³-hybridized carbons (Fsp3) is 0.417. The van der Waals surface area contributed by atoms with Crippen molar-refractivity contribution in [3.63, 3.8) is 0 Å². The minimum atomic E-state index is -1.37. The smallest absolute Gasteiger partial charge is 0.346 e. The summed E-state index contributed by atoms with van der Waals surface area (Å²) < 4.78 is 5.37. The molecule has 98 valence electrons. The minimum absolute atomic E-state index is 0.0200. The predicted octanol–water partition coefficient (Wildman–Crippen LogP) is 2.72. The molecule has 0 amide bonds. The number of ether oxygens (including phenoxy) is 1. The molecule has 0 fully saturated rings. The maximum atomic E-state index is 11.1. The SMILES string of the molecule is CC(C)(C)COc1cccc([N+](=O)[O-])c1C(=O)O. The Balaban J connectivity index is 3.15. The highest BCUT2D eigenvalue weighted by Gasteiger charge is 2.25. The third kappa shape index (κ3) is 3.44. The summed E-state index contributed by atoms with van der Waals surface area (Å²) in [4.78, 5) is 21.1. The van der Waals surface area contributed by atoms with Crippen molar-refractivity contribution in [3.05, 3.63) is 33.9 Å². The van der Waals surface area contributed by atoms with Crippen LogP contribution in [0.5, 0.6) is 5.75 Å². The van der Waals surface area contributed by atoms with Gasteiger partial charge in [0.2, 0.25) is 0 Å². The van der Waals surface area contributed by atoms with Gasteiger partial charge in [-0.05, 0) is 11.5 Å². The highest BCUT2D eigenvalue weighted by molar-refractivity contribution is 5.95. The normalized spacial score (nSPS) is 11.1. The molecule has 6 heteroatoms. The lowest BCUT2D eigenvalue weighted by atomic mass is 9.98. The Kier molecular flexibility index (Phi) is 3.90. The molecule has 0 aliphatic carbocycles. The van der Waals surface area contributed by atoms with Gasteiger partial charge in [-0.15, -0.1) is 0 Å². The van der Waals surface area contributed by atoms with Gasteiger partial charge < -0.3 is 9.84 Å². The zero-order chi connectivity index (χ0) is 13.9. The summed E-state index contributed by atoms with van der Waals surface area (Å²) in [6.45, 7) is 6.04. The zero-order valence-electron chi connectivity index (χ0n) is 10.5. The van der Waals surface area contributed by atoms with Crippen LogP contribution in [-0.2, 0) is 0 Å². The average molecular weight is 253 g/mol. The summed E-state index contributed by atoms with van der Waals surface area (Å²) in [5.41, 5.74) is -1.04. The Morgan fingerprint density at radius 2 is 2.06 bits per heavy atom. The van der Waals surface area contributed by atoms with E-state index in [1.54, 1.807) is 0 Å². The molecule has 0 aliphatic rings. The van der Waals surface area contributed by atoms with Crippen molar-refractivity contribution < 1.29 is 19.6 Å². The molecule has 0 aliphatic heterocycles. The standard InChI is InChI=1S/C12H15NO5/c1-12(2,3)7-18-9-6-4-5-8(13(16)17)10(9)11(14)15/h4-6H,7H2,1-3H3,(H,14,15). The van der Waals surface area contributed by atoms with Crippen molar-refractivity contribution in [1.29, 1.82) is 0 Å². The molecule has 1 aromatic rings. The maximum absolute atomic E-state index is 11.1. The molecule has 6 nitrogen and oxygen atoms in total.